The van der Waals surface area contributed by atoms with Crippen molar-refractivity contribution in [1.29, 1.82) is 0 Å². The summed E-state index contributed by atoms with van der Waals surface area (Å²) in [6, 6.07) is 7.96. The van der Waals surface area contributed by atoms with Crippen LogP contribution in [0.1, 0.15) is 37.5 Å². The molecular formula is C16H19ClN2O2. The number of rotatable bonds is 5. The molecule has 0 fully saturated rings. The highest BCUT2D eigenvalue weighted by Gasteiger charge is 2.15. The van der Waals surface area contributed by atoms with Crippen molar-refractivity contribution < 1.29 is 4.74 Å². The number of nitrogens with zero attached hydrogens (tertiary/aromatic N) is 2. The molecule has 0 saturated heterocycles. The number of aryl methyl sites for hydroxylation is 2. The van der Waals surface area contributed by atoms with E-state index in [1.54, 1.807) is 0 Å². The molecule has 0 aliphatic carbocycles. The molecule has 2 aromatic rings. The van der Waals surface area contributed by atoms with E-state index in [9.17, 15) is 4.79 Å². The number of ether oxygens (including phenoxy) is 1. The molecule has 1 aromatic heterocycles. The number of aromatic nitrogens is 2. The van der Waals surface area contributed by atoms with Crippen LogP contribution in [0.3, 0.4) is 0 Å². The van der Waals surface area contributed by atoms with Gasteiger partial charge in [-0.2, -0.15) is 5.10 Å². The molecule has 112 valence electrons. The van der Waals surface area contributed by atoms with Crippen LogP contribution in [0.4, 0.5) is 0 Å². The van der Waals surface area contributed by atoms with Gasteiger partial charge in [0.15, 0.2) is 10.8 Å². The van der Waals surface area contributed by atoms with Crippen molar-refractivity contribution in [3.8, 4) is 5.75 Å². The van der Waals surface area contributed by atoms with Crippen LogP contribution in [-0.2, 0) is 6.54 Å². The molecule has 0 N–H and O–H groups in total. The number of hydrogen-bond donors (Lipinski definition) is 0. The van der Waals surface area contributed by atoms with Crippen molar-refractivity contribution in [2.24, 2.45) is 0 Å². The molecular weight excluding hydrogens is 288 g/mol. The highest BCUT2D eigenvalue weighted by atomic mass is 35.5. The van der Waals surface area contributed by atoms with Crippen LogP contribution in [0.15, 0.2) is 35.3 Å². The van der Waals surface area contributed by atoms with Crippen LogP contribution in [0.25, 0.3) is 0 Å². The molecule has 0 aliphatic heterocycles. The van der Waals surface area contributed by atoms with Crippen molar-refractivity contribution in [1.82, 2.24) is 9.78 Å². The molecule has 4 nitrogen and oxygen atoms in total. The molecule has 21 heavy (non-hydrogen) atoms. The zero-order valence-electron chi connectivity index (χ0n) is 12.5. The Hall–Kier alpha value is -1.81. The van der Waals surface area contributed by atoms with Gasteiger partial charge in [0, 0.05) is 6.54 Å². The highest BCUT2D eigenvalue weighted by Crippen LogP contribution is 2.27. The first kappa shape index (κ1) is 15.6. The van der Waals surface area contributed by atoms with E-state index in [4.69, 9.17) is 16.3 Å². The standard InChI is InChI=1S/C16H19ClN2O2/c1-4-9-19-16(20)15(17)14(10-18-19)21-12(3)13-8-6-5-7-11(13)2/h5-8,10,12H,4,9H2,1-3H3. The van der Waals surface area contributed by atoms with Gasteiger partial charge < -0.3 is 4.74 Å². The third-order valence-electron chi connectivity index (χ3n) is 3.32. The first-order chi connectivity index (χ1) is 10.0. The molecule has 0 radical (unpaired) electrons. The predicted molar refractivity (Wildman–Crippen MR) is 84.0 cm³/mol. The van der Waals surface area contributed by atoms with Crippen LogP contribution in [0, 0.1) is 6.92 Å². The SMILES string of the molecule is CCCn1ncc(OC(C)c2ccccc2C)c(Cl)c1=O. The summed E-state index contributed by atoms with van der Waals surface area (Å²) in [6.45, 7) is 6.48. The largest absolute Gasteiger partial charge is 0.483 e. The highest BCUT2D eigenvalue weighted by molar-refractivity contribution is 6.31. The molecule has 1 heterocycles. The molecule has 1 atom stereocenters. The van der Waals surface area contributed by atoms with E-state index >= 15 is 0 Å². The predicted octanol–water partition coefficient (Wildman–Crippen LogP) is 3.76. The lowest BCUT2D eigenvalue weighted by Crippen LogP contribution is -2.23. The summed E-state index contributed by atoms with van der Waals surface area (Å²) in [6.07, 6.45) is 2.13. The Kier molecular flexibility index (Phi) is 5.02. The molecule has 0 saturated carbocycles. The van der Waals surface area contributed by atoms with Crippen LogP contribution in [0.5, 0.6) is 5.75 Å². The minimum atomic E-state index is -0.312. The Bertz CT molecular complexity index is 682. The summed E-state index contributed by atoms with van der Waals surface area (Å²) < 4.78 is 7.17. The van der Waals surface area contributed by atoms with Crippen LogP contribution in [0.2, 0.25) is 5.02 Å². The van der Waals surface area contributed by atoms with Crippen molar-refractivity contribution in [2.75, 3.05) is 0 Å². The fraction of sp³-hybridized carbons (Fsp3) is 0.375. The van der Waals surface area contributed by atoms with E-state index in [1.807, 2.05) is 45.0 Å². The molecule has 1 aromatic carbocycles. The summed E-state index contributed by atoms with van der Waals surface area (Å²) in [7, 11) is 0. The first-order valence-electron chi connectivity index (χ1n) is 7.02. The summed E-state index contributed by atoms with van der Waals surface area (Å²) in [4.78, 5) is 12.1. The molecule has 5 heteroatoms. The van der Waals surface area contributed by atoms with Gasteiger partial charge in [-0.25, -0.2) is 4.68 Å². The summed E-state index contributed by atoms with van der Waals surface area (Å²) in [5, 5.41) is 4.17. The first-order valence-corrected chi connectivity index (χ1v) is 7.40. The van der Waals surface area contributed by atoms with Gasteiger partial charge in [-0.3, -0.25) is 4.79 Å². The second-order valence-corrected chi connectivity index (χ2v) is 5.35. The average Bonchev–Trinajstić information content (AvgIpc) is 2.47. The fourth-order valence-electron chi connectivity index (χ4n) is 2.20. The monoisotopic (exact) mass is 306 g/mol. The van der Waals surface area contributed by atoms with E-state index in [0.29, 0.717) is 12.3 Å². The zero-order valence-corrected chi connectivity index (χ0v) is 13.2. The molecule has 0 amide bonds. The molecule has 0 aliphatic rings. The van der Waals surface area contributed by atoms with Gasteiger partial charge in [0.05, 0.1) is 6.20 Å². The molecule has 0 bridgehead atoms. The Morgan fingerprint density at radius 2 is 2.10 bits per heavy atom. The van der Waals surface area contributed by atoms with E-state index in [0.717, 1.165) is 17.5 Å². The van der Waals surface area contributed by atoms with Crippen molar-refractivity contribution >= 4 is 11.6 Å². The minimum Gasteiger partial charge on any atom is -0.483 e. The van der Waals surface area contributed by atoms with E-state index in [2.05, 4.69) is 5.10 Å². The fourth-order valence-corrected chi connectivity index (χ4v) is 2.39. The third-order valence-corrected chi connectivity index (χ3v) is 3.67. The summed E-state index contributed by atoms with van der Waals surface area (Å²) in [5.74, 6) is 0.324. The Morgan fingerprint density at radius 1 is 1.38 bits per heavy atom. The Labute approximate surface area is 129 Å². The lowest BCUT2D eigenvalue weighted by atomic mass is 10.0. The second kappa shape index (κ2) is 6.76. The maximum Gasteiger partial charge on any atom is 0.289 e. The Balaban J connectivity index is 2.26. The van der Waals surface area contributed by atoms with E-state index in [1.165, 1.54) is 10.9 Å². The number of halogens is 1. The lowest BCUT2D eigenvalue weighted by molar-refractivity contribution is 0.223. The average molecular weight is 307 g/mol. The normalized spacial score (nSPS) is 12.2. The van der Waals surface area contributed by atoms with Gasteiger partial charge in [0.2, 0.25) is 0 Å². The maximum atomic E-state index is 12.1. The van der Waals surface area contributed by atoms with Crippen LogP contribution < -0.4 is 10.3 Å². The second-order valence-electron chi connectivity index (χ2n) is 4.97. The zero-order chi connectivity index (χ0) is 15.4. The quantitative estimate of drug-likeness (QED) is 0.845. The minimum absolute atomic E-state index is 0.0823. The van der Waals surface area contributed by atoms with Gasteiger partial charge in [-0.05, 0) is 31.4 Å². The van der Waals surface area contributed by atoms with Gasteiger partial charge in [-0.15, -0.1) is 0 Å². The Morgan fingerprint density at radius 3 is 2.76 bits per heavy atom. The smallest absolute Gasteiger partial charge is 0.289 e. The van der Waals surface area contributed by atoms with Crippen LogP contribution in [-0.4, -0.2) is 9.78 Å². The summed E-state index contributed by atoms with van der Waals surface area (Å²) in [5.41, 5.74) is 1.88. The van der Waals surface area contributed by atoms with Gasteiger partial charge in [0.25, 0.3) is 5.56 Å². The van der Waals surface area contributed by atoms with Crippen molar-refractivity contribution in [3.05, 3.63) is 57.0 Å². The topological polar surface area (TPSA) is 44.1 Å². The van der Waals surface area contributed by atoms with Gasteiger partial charge in [-0.1, -0.05) is 42.8 Å². The van der Waals surface area contributed by atoms with Crippen molar-refractivity contribution in [2.45, 2.75) is 39.8 Å². The van der Waals surface area contributed by atoms with E-state index < -0.39 is 0 Å². The van der Waals surface area contributed by atoms with Gasteiger partial charge >= 0.3 is 0 Å². The number of benzene rings is 1. The number of hydrogen-bond acceptors (Lipinski definition) is 3. The van der Waals surface area contributed by atoms with Crippen molar-refractivity contribution in [3.63, 3.8) is 0 Å². The van der Waals surface area contributed by atoms with Crippen LogP contribution >= 0.6 is 11.6 Å². The molecule has 2 rings (SSSR count). The molecule has 1 unspecified atom stereocenters. The van der Waals surface area contributed by atoms with E-state index in [-0.39, 0.29) is 16.7 Å². The van der Waals surface area contributed by atoms with Gasteiger partial charge in [0.1, 0.15) is 6.10 Å². The summed E-state index contributed by atoms with van der Waals surface area (Å²) >= 11 is 6.11. The molecule has 0 spiro atoms. The maximum absolute atomic E-state index is 12.1. The lowest BCUT2D eigenvalue weighted by Gasteiger charge is -2.17. The third kappa shape index (κ3) is 3.45.